The highest BCUT2D eigenvalue weighted by molar-refractivity contribution is 6.34. The number of hydrogen-bond donors (Lipinski definition) is 1. The summed E-state index contributed by atoms with van der Waals surface area (Å²) in [6.07, 6.45) is 3.23. The smallest absolute Gasteiger partial charge is 0.195 e. The predicted molar refractivity (Wildman–Crippen MR) is 52.1 cm³/mol. The quantitative estimate of drug-likeness (QED) is 0.651. The van der Waals surface area contributed by atoms with Crippen molar-refractivity contribution in [1.29, 1.82) is 0 Å². The third-order valence-electron chi connectivity index (χ3n) is 1.93. The van der Waals surface area contributed by atoms with Crippen LogP contribution in [0.25, 0.3) is 10.9 Å². The second-order valence-electron chi connectivity index (χ2n) is 2.83. The van der Waals surface area contributed by atoms with E-state index in [0.29, 0.717) is 10.9 Å². The second-order valence-corrected chi connectivity index (χ2v) is 3.18. The van der Waals surface area contributed by atoms with Gasteiger partial charge in [-0.1, -0.05) is 11.6 Å². The normalized spacial score (nSPS) is 10.6. The van der Waals surface area contributed by atoms with Gasteiger partial charge in [-0.15, -0.1) is 0 Å². The highest BCUT2D eigenvalue weighted by Crippen LogP contribution is 2.15. The Morgan fingerprint density at radius 3 is 3.08 bits per heavy atom. The molecule has 0 atom stereocenters. The molecule has 0 aliphatic rings. The zero-order valence-electron chi connectivity index (χ0n) is 6.97. The van der Waals surface area contributed by atoms with Crippen molar-refractivity contribution in [3.8, 4) is 0 Å². The summed E-state index contributed by atoms with van der Waals surface area (Å²) >= 11 is 5.80. The van der Waals surface area contributed by atoms with E-state index in [1.165, 1.54) is 0 Å². The van der Waals surface area contributed by atoms with Crippen molar-refractivity contribution in [1.82, 2.24) is 9.97 Å². The Kier molecular flexibility index (Phi) is 1.81. The third-order valence-corrected chi connectivity index (χ3v) is 2.22. The predicted octanol–water partition coefficient (Wildman–Crippen LogP) is 1.88. The van der Waals surface area contributed by atoms with Crippen molar-refractivity contribution in [2.24, 2.45) is 0 Å². The lowest BCUT2D eigenvalue weighted by atomic mass is 10.2. The molecule has 0 aliphatic heterocycles. The van der Waals surface area contributed by atoms with Gasteiger partial charge >= 0.3 is 0 Å². The number of nitrogens with zero attached hydrogens (tertiary/aromatic N) is 1. The number of H-pyrrole nitrogens is 1. The molecule has 13 heavy (non-hydrogen) atoms. The SMILES string of the molecule is Cc1c[nH]c2ccnc(Cl)c2c1=O. The van der Waals surface area contributed by atoms with Crippen molar-refractivity contribution in [3.05, 3.63) is 39.4 Å². The van der Waals surface area contributed by atoms with E-state index < -0.39 is 0 Å². The molecule has 0 aromatic carbocycles. The fourth-order valence-electron chi connectivity index (χ4n) is 1.22. The summed E-state index contributed by atoms with van der Waals surface area (Å²) in [5.74, 6) is 0. The lowest BCUT2D eigenvalue weighted by Gasteiger charge is -1.99. The van der Waals surface area contributed by atoms with Crippen LogP contribution >= 0.6 is 11.6 Å². The van der Waals surface area contributed by atoms with Crippen LogP contribution < -0.4 is 5.43 Å². The van der Waals surface area contributed by atoms with E-state index in [1.54, 1.807) is 25.4 Å². The summed E-state index contributed by atoms with van der Waals surface area (Å²) in [5, 5.41) is 0.714. The van der Waals surface area contributed by atoms with Gasteiger partial charge in [0.25, 0.3) is 0 Å². The Bertz CT molecular complexity index is 518. The largest absolute Gasteiger partial charge is 0.361 e. The molecule has 0 amide bonds. The Morgan fingerprint density at radius 1 is 1.54 bits per heavy atom. The standard InChI is InChI=1S/C9H7ClN2O/c1-5-4-12-6-2-3-11-9(10)7(6)8(5)13/h2-4H,1H3,(H,12,13). The minimum atomic E-state index is -0.0631. The molecule has 2 rings (SSSR count). The van der Waals surface area contributed by atoms with Crippen LogP contribution in [0, 0.1) is 6.92 Å². The van der Waals surface area contributed by atoms with Gasteiger partial charge in [0.2, 0.25) is 0 Å². The van der Waals surface area contributed by atoms with Gasteiger partial charge in [-0.05, 0) is 13.0 Å². The van der Waals surface area contributed by atoms with E-state index in [2.05, 4.69) is 9.97 Å². The maximum absolute atomic E-state index is 11.6. The van der Waals surface area contributed by atoms with E-state index in [0.717, 1.165) is 5.52 Å². The minimum Gasteiger partial charge on any atom is -0.361 e. The summed E-state index contributed by atoms with van der Waals surface area (Å²) < 4.78 is 0. The Labute approximate surface area is 79.4 Å². The van der Waals surface area contributed by atoms with E-state index in [-0.39, 0.29) is 10.6 Å². The summed E-state index contributed by atoms with van der Waals surface area (Å²) in [6.45, 7) is 1.74. The van der Waals surface area contributed by atoms with Crippen molar-refractivity contribution < 1.29 is 0 Å². The highest BCUT2D eigenvalue weighted by Gasteiger charge is 2.05. The maximum Gasteiger partial charge on any atom is 0.195 e. The zero-order chi connectivity index (χ0) is 9.42. The van der Waals surface area contributed by atoms with E-state index in [4.69, 9.17) is 11.6 Å². The Morgan fingerprint density at radius 2 is 2.31 bits per heavy atom. The van der Waals surface area contributed by atoms with Crippen molar-refractivity contribution in [2.75, 3.05) is 0 Å². The number of fused-ring (bicyclic) bond motifs is 1. The van der Waals surface area contributed by atoms with Gasteiger partial charge in [0.05, 0.1) is 10.9 Å². The van der Waals surface area contributed by atoms with Crippen molar-refractivity contribution in [2.45, 2.75) is 6.92 Å². The average molecular weight is 195 g/mol. The molecule has 66 valence electrons. The number of halogens is 1. The van der Waals surface area contributed by atoms with Crippen LogP contribution in [0.4, 0.5) is 0 Å². The van der Waals surface area contributed by atoms with Crippen LogP contribution in [0.2, 0.25) is 5.15 Å². The van der Waals surface area contributed by atoms with Gasteiger partial charge in [-0.2, -0.15) is 0 Å². The topological polar surface area (TPSA) is 45.8 Å². The monoisotopic (exact) mass is 194 g/mol. The number of pyridine rings is 2. The van der Waals surface area contributed by atoms with Gasteiger partial charge in [0, 0.05) is 18.0 Å². The molecule has 0 bridgehead atoms. The molecule has 2 heterocycles. The first kappa shape index (κ1) is 8.26. The van der Waals surface area contributed by atoms with E-state index in [1.807, 2.05) is 0 Å². The van der Waals surface area contributed by atoms with E-state index in [9.17, 15) is 4.79 Å². The van der Waals surface area contributed by atoms with E-state index >= 15 is 0 Å². The van der Waals surface area contributed by atoms with Crippen LogP contribution in [0.15, 0.2) is 23.3 Å². The number of aryl methyl sites for hydroxylation is 1. The number of nitrogens with one attached hydrogen (secondary N) is 1. The first-order valence-electron chi connectivity index (χ1n) is 3.82. The summed E-state index contributed by atoms with van der Waals surface area (Å²) in [5.41, 5.74) is 1.30. The van der Waals surface area contributed by atoms with Crippen LogP contribution in [-0.4, -0.2) is 9.97 Å². The number of aromatic amines is 1. The average Bonchev–Trinajstić information content (AvgIpc) is 2.12. The minimum absolute atomic E-state index is 0.0631. The molecule has 2 aromatic rings. The molecule has 3 nitrogen and oxygen atoms in total. The molecule has 4 heteroatoms. The fourth-order valence-corrected chi connectivity index (χ4v) is 1.47. The Balaban J connectivity index is 3.06. The van der Waals surface area contributed by atoms with Gasteiger partial charge in [-0.25, -0.2) is 4.98 Å². The van der Waals surface area contributed by atoms with Gasteiger partial charge in [0.1, 0.15) is 5.15 Å². The van der Waals surface area contributed by atoms with Crippen LogP contribution in [-0.2, 0) is 0 Å². The molecule has 0 saturated carbocycles. The highest BCUT2D eigenvalue weighted by atomic mass is 35.5. The summed E-state index contributed by atoms with van der Waals surface area (Å²) in [6, 6.07) is 1.72. The molecular weight excluding hydrogens is 188 g/mol. The van der Waals surface area contributed by atoms with Crippen LogP contribution in [0.5, 0.6) is 0 Å². The Hall–Kier alpha value is -1.35. The fraction of sp³-hybridized carbons (Fsp3) is 0.111. The van der Waals surface area contributed by atoms with Crippen LogP contribution in [0.1, 0.15) is 5.56 Å². The number of aromatic nitrogens is 2. The number of hydrogen-bond acceptors (Lipinski definition) is 2. The molecule has 0 fully saturated rings. The first-order valence-corrected chi connectivity index (χ1v) is 4.20. The van der Waals surface area contributed by atoms with Gasteiger partial charge in [-0.3, -0.25) is 4.79 Å². The number of rotatable bonds is 0. The van der Waals surface area contributed by atoms with Crippen LogP contribution in [0.3, 0.4) is 0 Å². The lowest BCUT2D eigenvalue weighted by molar-refractivity contribution is 1.27. The van der Waals surface area contributed by atoms with Gasteiger partial charge in [0.15, 0.2) is 5.43 Å². The summed E-state index contributed by atoms with van der Waals surface area (Å²) in [7, 11) is 0. The molecule has 2 aromatic heterocycles. The third kappa shape index (κ3) is 1.21. The van der Waals surface area contributed by atoms with Crippen molar-refractivity contribution >= 4 is 22.5 Å². The molecule has 1 N–H and O–H groups in total. The molecule has 0 saturated heterocycles. The molecule has 0 radical (unpaired) electrons. The first-order chi connectivity index (χ1) is 6.20. The second kappa shape index (κ2) is 2.85. The summed E-state index contributed by atoms with van der Waals surface area (Å²) in [4.78, 5) is 18.4. The zero-order valence-corrected chi connectivity index (χ0v) is 7.72. The molecular formula is C9H7ClN2O. The van der Waals surface area contributed by atoms with Gasteiger partial charge < -0.3 is 4.98 Å². The maximum atomic E-state index is 11.6. The molecule has 0 aliphatic carbocycles. The molecule has 0 spiro atoms. The van der Waals surface area contributed by atoms with Crippen molar-refractivity contribution in [3.63, 3.8) is 0 Å². The lowest BCUT2D eigenvalue weighted by Crippen LogP contribution is -2.07. The molecule has 0 unspecified atom stereocenters.